The normalized spacial score (nSPS) is 14.6. The monoisotopic (exact) mass is 537 g/mol. The maximum absolute atomic E-state index is 14.7. The quantitative estimate of drug-likeness (QED) is 0.382. The maximum atomic E-state index is 14.7. The maximum Gasteiger partial charge on any atom is 0.262 e. The van der Waals surface area contributed by atoms with E-state index in [0.717, 1.165) is 0 Å². The second kappa shape index (κ2) is 12.5. The molecule has 10 heteroatoms. The molecule has 4 rings (SSSR count). The molecular weight excluding hydrogens is 508 g/mol. The number of methoxy groups -OCH3 is 3. The molecule has 0 fully saturated rings. The lowest BCUT2D eigenvalue weighted by Gasteiger charge is -2.28. The molecule has 2 amide bonds. The van der Waals surface area contributed by atoms with Crippen LogP contribution in [-0.2, 0) is 9.53 Å². The first-order valence-corrected chi connectivity index (χ1v) is 12.3. The van der Waals surface area contributed by atoms with Crippen molar-refractivity contribution in [1.29, 1.82) is 0 Å². The third-order valence-electron chi connectivity index (χ3n) is 6.43. The molecule has 39 heavy (non-hydrogen) atoms. The fraction of sp³-hybridized carbons (Fsp3) is 0.276. The highest BCUT2D eigenvalue weighted by atomic mass is 19.1. The van der Waals surface area contributed by atoms with E-state index < -0.39 is 36.0 Å². The Morgan fingerprint density at radius 1 is 0.974 bits per heavy atom. The van der Waals surface area contributed by atoms with Gasteiger partial charge in [0.25, 0.3) is 11.8 Å². The van der Waals surface area contributed by atoms with Crippen LogP contribution in [0.15, 0.2) is 71.8 Å². The number of amides is 2. The lowest BCUT2D eigenvalue weighted by molar-refractivity contribution is -0.133. The zero-order chi connectivity index (χ0) is 27.9. The molecule has 0 aliphatic carbocycles. The summed E-state index contributed by atoms with van der Waals surface area (Å²) in [6.07, 6.45) is 0.190. The standard InChI is InChI=1S/C29H29F2N3O5/c1-37-15-14-33(29(36)21-9-5-7-11-24(21)31)18-28(35)34-26(22-16-19(38-2)12-13-27(22)39-3)17-25(32-34)20-8-4-6-10-23(20)30/h4-13,16,26H,14-15,17-18H2,1-3H3. The second-order valence-corrected chi connectivity index (χ2v) is 8.79. The van der Waals surface area contributed by atoms with Crippen molar-refractivity contribution < 1.29 is 32.6 Å². The predicted octanol–water partition coefficient (Wildman–Crippen LogP) is 4.45. The van der Waals surface area contributed by atoms with Gasteiger partial charge in [-0.15, -0.1) is 0 Å². The molecule has 1 atom stereocenters. The highest BCUT2D eigenvalue weighted by Gasteiger charge is 2.37. The van der Waals surface area contributed by atoms with Crippen LogP contribution in [0, 0.1) is 11.6 Å². The molecule has 0 saturated carbocycles. The number of halogens is 2. The van der Waals surface area contributed by atoms with Gasteiger partial charge in [-0.1, -0.05) is 30.3 Å². The Morgan fingerprint density at radius 3 is 2.36 bits per heavy atom. The number of carbonyl (C=O) groups is 2. The largest absolute Gasteiger partial charge is 0.497 e. The summed E-state index contributed by atoms with van der Waals surface area (Å²) in [4.78, 5) is 28.2. The minimum atomic E-state index is -0.697. The molecule has 3 aromatic carbocycles. The van der Waals surface area contributed by atoms with Gasteiger partial charge in [0.1, 0.15) is 29.7 Å². The smallest absolute Gasteiger partial charge is 0.262 e. The van der Waals surface area contributed by atoms with Gasteiger partial charge in [0.2, 0.25) is 0 Å². The van der Waals surface area contributed by atoms with Crippen molar-refractivity contribution in [3.05, 3.63) is 95.1 Å². The molecule has 204 valence electrons. The Bertz CT molecular complexity index is 1380. The zero-order valence-electron chi connectivity index (χ0n) is 21.9. The van der Waals surface area contributed by atoms with E-state index in [-0.39, 0.29) is 30.7 Å². The van der Waals surface area contributed by atoms with Crippen LogP contribution in [0.5, 0.6) is 11.5 Å². The first-order valence-electron chi connectivity index (χ1n) is 12.3. The number of hydrogen-bond acceptors (Lipinski definition) is 6. The Hall–Kier alpha value is -4.31. The molecule has 8 nitrogen and oxygen atoms in total. The van der Waals surface area contributed by atoms with Gasteiger partial charge in [-0.05, 0) is 36.4 Å². The lowest BCUT2D eigenvalue weighted by atomic mass is 9.97. The van der Waals surface area contributed by atoms with E-state index in [1.165, 1.54) is 55.5 Å². The van der Waals surface area contributed by atoms with Gasteiger partial charge in [0, 0.05) is 31.2 Å². The average molecular weight is 538 g/mol. The number of hydrazone groups is 1. The minimum absolute atomic E-state index is 0.0419. The van der Waals surface area contributed by atoms with Gasteiger partial charge in [0.15, 0.2) is 0 Å². The highest BCUT2D eigenvalue weighted by molar-refractivity contribution is 6.04. The molecule has 1 aliphatic heterocycles. The van der Waals surface area contributed by atoms with Gasteiger partial charge >= 0.3 is 0 Å². The topological polar surface area (TPSA) is 80.7 Å². The Balaban J connectivity index is 1.72. The van der Waals surface area contributed by atoms with Gasteiger partial charge in [-0.2, -0.15) is 5.10 Å². The SMILES string of the molecule is COCCN(CC(=O)N1N=C(c2ccccc2F)CC1c1cc(OC)ccc1OC)C(=O)c1ccccc1F. The number of nitrogens with zero attached hydrogens (tertiary/aromatic N) is 3. The van der Waals surface area contributed by atoms with Crippen LogP contribution < -0.4 is 9.47 Å². The number of rotatable bonds is 10. The third kappa shape index (κ3) is 6.06. The zero-order valence-corrected chi connectivity index (χ0v) is 21.9. The van der Waals surface area contributed by atoms with Gasteiger partial charge in [-0.25, -0.2) is 13.8 Å². The second-order valence-electron chi connectivity index (χ2n) is 8.79. The van der Waals surface area contributed by atoms with Crippen LogP contribution in [-0.4, -0.2) is 68.5 Å². The molecule has 0 bridgehead atoms. The summed E-state index contributed by atoms with van der Waals surface area (Å²) in [6.45, 7) is -0.238. The van der Waals surface area contributed by atoms with Crippen LogP contribution in [0.1, 0.15) is 33.9 Å². The minimum Gasteiger partial charge on any atom is -0.497 e. The molecular formula is C29H29F2N3O5. The van der Waals surface area contributed by atoms with Crippen molar-refractivity contribution in [3.8, 4) is 11.5 Å². The van der Waals surface area contributed by atoms with Crippen LogP contribution >= 0.6 is 0 Å². The highest BCUT2D eigenvalue weighted by Crippen LogP contribution is 2.39. The number of benzene rings is 3. The van der Waals surface area contributed by atoms with Crippen LogP contribution in [0.3, 0.4) is 0 Å². The van der Waals surface area contributed by atoms with E-state index in [0.29, 0.717) is 22.8 Å². The Morgan fingerprint density at radius 2 is 1.69 bits per heavy atom. The Labute approximate surface area is 225 Å². The average Bonchev–Trinajstić information content (AvgIpc) is 3.40. The van der Waals surface area contributed by atoms with Crippen LogP contribution in [0.4, 0.5) is 8.78 Å². The number of carbonyl (C=O) groups excluding carboxylic acids is 2. The van der Waals surface area contributed by atoms with Gasteiger partial charge in [0.05, 0.1) is 38.1 Å². The van der Waals surface area contributed by atoms with Crippen LogP contribution in [0.25, 0.3) is 0 Å². The van der Waals surface area contributed by atoms with Crippen molar-refractivity contribution >= 4 is 17.5 Å². The molecule has 0 spiro atoms. The molecule has 3 aromatic rings. The fourth-order valence-corrected chi connectivity index (χ4v) is 4.43. The molecule has 0 N–H and O–H groups in total. The van der Waals surface area contributed by atoms with Crippen molar-refractivity contribution in [1.82, 2.24) is 9.91 Å². The summed E-state index contributed by atoms with van der Waals surface area (Å²) >= 11 is 0. The Kier molecular flexibility index (Phi) is 8.88. The molecule has 1 unspecified atom stereocenters. The van der Waals surface area contributed by atoms with Crippen LogP contribution in [0.2, 0.25) is 0 Å². The van der Waals surface area contributed by atoms with Crippen molar-refractivity contribution in [3.63, 3.8) is 0 Å². The first kappa shape index (κ1) is 27.7. The molecule has 1 aliphatic rings. The lowest BCUT2D eigenvalue weighted by Crippen LogP contribution is -2.43. The van der Waals surface area contributed by atoms with E-state index in [2.05, 4.69) is 5.10 Å². The summed E-state index contributed by atoms with van der Waals surface area (Å²) < 4.78 is 45.2. The van der Waals surface area contributed by atoms with Crippen molar-refractivity contribution in [2.45, 2.75) is 12.5 Å². The summed E-state index contributed by atoms with van der Waals surface area (Å²) in [6, 6.07) is 16.2. The van der Waals surface area contributed by atoms with E-state index >= 15 is 0 Å². The molecule has 0 radical (unpaired) electrons. The summed E-state index contributed by atoms with van der Waals surface area (Å²) in [5, 5.41) is 5.74. The molecule has 1 heterocycles. The fourth-order valence-electron chi connectivity index (χ4n) is 4.43. The number of ether oxygens (including phenoxy) is 3. The molecule has 0 aromatic heterocycles. The van der Waals surface area contributed by atoms with E-state index in [1.807, 2.05) is 0 Å². The third-order valence-corrected chi connectivity index (χ3v) is 6.43. The summed E-state index contributed by atoms with van der Waals surface area (Å²) in [5.41, 5.74) is 1.06. The van der Waals surface area contributed by atoms with Gasteiger partial charge in [-0.3, -0.25) is 9.59 Å². The van der Waals surface area contributed by atoms with E-state index in [4.69, 9.17) is 14.2 Å². The predicted molar refractivity (Wildman–Crippen MR) is 141 cm³/mol. The van der Waals surface area contributed by atoms with Crippen molar-refractivity contribution in [2.24, 2.45) is 5.10 Å². The molecule has 0 saturated heterocycles. The van der Waals surface area contributed by atoms with Crippen molar-refractivity contribution in [2.75, 3.05) is 41.0 Å². The first-order chi connectivity index (χ1) is 18.9. The summed E-state index contributed by atoms with van der Waals surface area (Å²) in [7, 11) is 4.49. The summed E-state index contributed by atoms with van der Waals surface area (Å²) in [5.74, 6) is -1.35. The van der Waals surface area contributed by atoms with E-state index in [9.17, 15) is 18.4 Å². The van der Waals surface area contributed by atoms with E-state index in [1.54, 1.807) is 42.5 Å². The van der Waals surface area contributed by atoms with Gasteiger partial charge < -0.3 is 19.1 Å². The number of hydrogen-bond donors (Lipinski definition) is 0.